The van der Waals surface area contributed by atoms with Gasteiger partial charge in [0.15, 0.2) is 0 Å². The van der Waals surface area contributed by atoms with Crippen molar-refractivity contribution in [3.05, 3.63) is 29.3 Å². The molecule has 0 N–H and O–H groups in total. The summed E-state index contributed by atoms with van der Waals surface area (Å²) in [7, 11) is -3.61. The molecule has 0 aromatic heterocycles. The molecule has 0 bridgehead atoms. The van der Waals surface area contributed by atoms with Crippen molar-refractivity contribution in [1.29, 1.82) is 0 Å². The van der Waals surface area contributed by atoms with Crippen LogP contribution in [-0.2, 0) is 14.3 Å². The van der Waals surface area contributed by atoms with Crippen molar-refractivity contribution < 1.29 is 12.6 Å². The first kappa shape index (κ1) is 12.2. The topological polar surface area (TPSA) is 43.4 Å². The van der Waals surface area contributed by atoms with Crippen LogP contribution in [0.2, 0.25) is 0 Å². The Labute approximate surface area is 91.2 Å². The van der Waals surface area contributed by atoms with Gasteiger partial charge in [0, 0.05) is 0 Å². The molecule has 0 saturated heterocycles. The van der Waals surface area contributed by atoms with Gasteiger partial charge in [-0.15, -0.1) is 0 Å². The molecule has 0 fully saturated rings. The van der Waals surface area contributed by atoms with Crippen LogP contribution in [0.3, 0.4) is 0 Å². The summed E-state index contributed by atoms with van der Waals surface area (Å²) in [6.07, 6.45) is -0.337. The van der Waals surface area contributed by atoms with Crippen LogP contribution < -0.4 is 0 Å². The molecule has 0 radical (unpaired) electrons. The van der Waals surface area contributed by atoms with Crippen molar-refractivity contribution in [2.45, 2.75) is 38.7 Å². The fraction of sp³-hybridized carbons (Fsp3) is 0.455. The Kier molecular flexibility index (Phi) is 3.52. The van der Waals surface area contributed by atoms with Crippen LogP contribution in [0.1, 0.15) is 25.0 Å². The van der Waals surface area contributed by atoms with Gasteiger partial charge in [-0.2, -0.15) is 8.42 Å². The van der Waals surface area contributed by atoms with E-state index in [-0.39, 0.29) is 11.0 Å². The first-order valence-electron chi connectivity index (χ1n) is 4.83. The van der Waals surface area contributed by atoms with Crippen LogP contribution >= 0.6 is 0 Å². The lowest BCUT2D eigenvalue weighted by Crippen LogP contribution is -2.13. The second-order valence-corrected chi connectivity index (χ2v) is 5.41. The second kappa shape index (κ2) is 4.33. The first-order chi connectivity index (χ1) is 6.83. The maximum absolute atomic E-state index is 11.8. The van der Waals surface area contributed by atoms with Gasteiger partial charge in [-0.1, -0.05) is 17.7 Å². The largest absolute Gasteiger partial charge is 0.297 e. The van der Waals surface area contributed by atoms with Crippen LogP contribution in [0.4, 0.5) is 0 Å². The third-order valence-corrected chi connectivity index (χ3v) is 3.55. The van der Waals surface area contributed by atoms with Crippen LogP contribution in [0.15, 0.2) is 23.1 Å². The zero-order valence-electron chi connectivity index (χ0n) is 9.44. The Balaban J connectivity index is 3.16. The number of aryl methyl sites for hydroxylation is 2. The lowest BCUT2D eigenvalue weighted by atomic mass is 10.2. The van der Waals surface area contributed by atoms with E-state index >= 15 is 0 Å². The van der Waals surface area contributed by atoms with Crippen molar-refractivity contribution in [2.24, 2.45) is 0 Å². The summed E-state index contributed by atoms with van der Waals surface area (Å²) in [6.45, 7) is 7.08. The lowest BCUT2D eigenvalue weighted by Gasteiger charge is -2.10. The summed E-state index contributed by atoms with van der Waals surface area (Å²) in [5, 5.41) is 0. The smallest absolute Gasteiger partial charge is 0.264 e. The average Bonchev–Trinajstić information content (AvgIpc) is 1.99. The molecule has 0 saturated carbocycles. The molecule has 0 heterocycles. The SMILES string of the molecule is Cc1ccc(S(=O)(=O)OC(C)C)c(C)c1. The molecule has 0 unspecified atom stereocenters. The fourth-order valence-corrected chi connectivity index (χ4v) is 2.68. The molecule has 0 spiro atoms. The quantitative estimate of drug-likeness (QED) is 0.746. The Morgan fingerprint density at radius 1 is 1.20 bits per heavy atom. The Bertz CT molecular complexity index is 447. The van der Waals surface area contributed by atoms with Crippen LogP contribution in [0.5, 0.6) is 0 Å². The Morgan fingerprint density at radius 3 is 2.27 bits per heavy atom. The molecular formula is C11H16O3S. The van der Waals surface area contributed by atoms with E-state index in [9.17, 15) is 8.42 Å². The normalized spacial score (nSPS) is 12.1. The minimum atomic E-state index is -3.61. The highest BCUT2D eigenvalue weighted by atomic mass is 32.2. The molecule has 3 nitrogen and oxygen atoms in total. The second-order valence-electron chi connectivity index (χ2n) is 3.87. The van der Waals surface area contributed by atoms with Gasteiger partial charge < -0.3 is 0 Å². The fourth-order valence-electron chi connectivity index (χ4n) is 1.39. The standard InChI is InChI=1S/C11H16O3S/c1-8(2)14-15(12,13)11-6-5-9(3)7-10(11)4/h5-8H,1-4H3. The summed E-state index contributed by atoms with van der Waals surface area (Å²) in [4.78, 5) is 0.252. The zero-order valence-corrected chi connectivity index (χ0v) is 10.3. The summed E-state index contributed by atoms with van der Waals surface area (Å²) in [5.74, 6) is 0. The lowest BCUT2D eigenvalue weighted by molar-refractivity contribution is 0.249. The van der Waals surface area contributed by atoms with E-state index in [2.05, 4.69) is 0 Å². The van der Waals surface area contributed by atoms with Gasteiger partial charge in [-0.05, 0) is 39.3 Å². The van der Waals surface area contributed by atoms with Crippen LogP contribution in [0, 0.1) is 13.8 Å². The molecule has 15 heavy (non-hydrogen) atoms. The molecule has 1 aromatic carbocycles. The highest BCUT2D eigenvalue weighted by Crippen LogP contribution is 2.19. The van der Waals surface area contributed by atoms with E-state index < -0.39 is 10.1 Å². The maximum Gasteiger partial charge on any atom is 0.297 e. The highest BCUT2D eigenvalue weighted by Gasteiger charge is 2.18. The van der Waals surface area contributed by atoms with Crippen LogP contribution in [0.25, 0.3) is 0 Å². The molecule has 0 atom stereocenters. The number of hydrogen-bond acceptors (Lipinski definition) is 3. The summed E-state index contributed by atoms with van der Waals surface area (Å²) < 4.78 is 28.4. The molecule has 4 heteroatoms. The minimum Gasteiger partial charge on any atom is -0.264 e. The van der Waals surface area contributed by atoms with E-state index in [4.69, 9.17) is 4.18 Å². The van der Waals surface area contributed by atoms with E-state index in [0.29, 0.717) is 0 Å². The van der Waals surface area contributed by atoms with E-state index in [1.807, 2.05) is 13.0 Å². The minimum absolute atomic E-state index is 0.252. The molecular weight excluding hydrogens is 212 g/mol. The summed E-state index contributed by atoms with van der Waals surface area (Å²) in [5.41, 5.74) is 1.76. The van der Waals surface area contributed by atoms with Crippen molar-refractivity contribution in [1.82, 2.24) is 0 Å². The molecule has 0 aliphatic heterocycles. The summed E-state index contributed by atoms with van der Waals surface area (Å²) in [6, 6.07) is 5.18. The third kappa shape index (κ3) is 3.04. The number of rotatable bonds is 3. The number of benzene rings is 1. The van der Waals surface area contributed by atoms with Gasteiger partial charge in [0.25, 0.3) is 10.1 Å². The van der Waals surface area contributed by atoms with Gasteiger partial charge in [0.1, 0.15) is 0 Å². The first-order valence-corrected chi connectivity index (χ1v) is 6.24. The van der Waals surface area contributed by atoms with Gasteiger partial charge >= 0.3 is 0 Å². The molecule has 0 aliphatic rings. The van der Waals surface area contributed by atoms with Crippen molar-refractivity contribution in [2.75, 3.05) is 0 Å². The van der Waals surface area contributed by atoms with E-state index in [0.717, 1.165) is 11.1 Å². The van der Waals surface area contributed by atoms with Crippen molar-refractivity contribution >= 4 is 10.1 Å². The highest BCUT2D eigenvalue weighted by molar-refractivity contribution is 7.86. The van der Waals surface area contributed by atoms with E-state index in [1.165, 1.54) is 0 Å². The molecule has 1 rings (SSSR count). The Hall–Kier alpha value is -0.870. The molecule has 1 aromatic rings. The molecule has 0 amide bonds. The maximum atomic E-state index is 11.8. The average molecular weight is 228 g/mol. The predicted octanol–water partition coefficient (Wildman–Crippen LogP) is 2.42. The van der Waals surface area contributed by atoms with E-state index in [1.54, 1.807) is 32.9 Å². The Morgan fingerprint density at radius 2 is 1.80 bits per heavy atom. The number of hydrogen-bond donors (Lipinski definition) is 0. The van der Waals surface area contributed by atoms with Gasteiger partial charge in [0.05, 0.1) is 11.0 Å². The summed E-state index contributed by atoms with van der Waals surface area (Å²) >= 11 is 0. The van der Waals surface area contributed by atoms with Gasteiger partial charge in [0.2, 0.25) is 0 Å². The van der Waals surface area contributed by atoms with Crippen molar-refractivity contribution in [3.63, 3.8) is 0 Å². The molecule has 0 aliphatic carbocycles. The predicted molar refractivity (Wildman–Crippen MR) is 59.3 cm³/mol. The molecule has 84 valence electrons. The van der Waals surface area contributed by atoms with Gasteiger partial charge in [-0.25, -0.2) is 0 Å². The third-order valence-electron chi connectivity index (χ3n) is 1.92. The van der Waals surface area contributed by atoms with Gasteiger partial charge in [-0.3, -0.25) is 4.18 Å². The van der Waals surface area contributed by atoms with Crippen molar-refractivity contribution in [3.8, 4) is 0 Å². The zero-order chi connectivity index (χ0) is 11.6. The van der Waals surface area contributed by atoms with Crippen LogP contribution in [-0.4, -0.2) is 14.5 Å². The monoisotopic (exact) mass is 228 g/mol.